The molecule has 0 radical (unpaired) electrons. The molecule has 0 N–H and O–H groups in total. The van der Waals surface area contributed by atoms with Gasteiger partial charge >= 0.3 is 0 Å². The molecule has 1 atom stereocenters. The predicted octanol–water partition coefficient (Wildman–Crippen LogP) is 0.868. The van der Waals surface area contributed by atoms with Crippen molar-refractivity contribution < 1.29 is 0 Å². The fourth-order valence-corrected chi connectivity index (χ4v) is 1.47. The molecule has 8 heavy (non-hydrogen) atoms. The summed E-state index contributed by atoms with van der Waals surface area (Å²) in [6.07, 6.45) is 1.35. The van der Waals surface area contributed by atoms with Crippen molar-refractivity contribution in [3.63, 3.8) is 0 Å². The van der Waals surface area contributed by atoms with E-state index in [9.17, 15) is 0 Å². The minimum Gasteiger partial charge on any atom is -0.306 e. The van der Waals surface area contributed by atoms with Crippen molar-refractivity contribution >= 4 is 12.6 Å². The van der Waals surface area contributed by atoms with E-state index in [1.807, 2.05) is 0 Å². The van der Waals surface area contributed by atoms with Crippen molar-refractivity contribution in [1.29, 1.82) is 0 Å². The van der Waals surface area contributed by atoms with Crippen LogP contribution in [0.1, 0.15) is 6.42 Å². The van der Waals surface area contributed by atoms with E-state index >= 15 is 0 Å². The van der Waals surface area contributed by atoms with Crippen molar-refractivity contribution in [1.82, 2.24) is 4.90 Å². The number of thiol groups is 1. The molecular weight excluding hydrogens is 118 g/mol. The van der Waals surface area contributed by atoms with Crippen molar-refractivity contribution in [3.8, 4) is 0 Å². The first kappa shape index (κ1) is 6.43. The highest BCUT2D eigenvalue weighted by Gasteiger charge is 2.16. The van der Waals surface area contributed by atoms with Gasteiger partial charge in [0.1, 0.15) is 0 Å². The summed E-state index contributed by atoms with van der Waals surface area (Å²) in [5, 5.41) is 0. The highest BCUT2D eigenvalue weighted by Crippen LogP contribution is 2.14. The number of hydrogen-bond acceptors (Lipinski definition) is 2. The molecule has 0 aliphatic carbocycles. The topological polar surface area (TPSA) is 3.24 Å². The Balaban J connectivity index is 2.22. The van der Waals surface area contributed by atoms with Gasteiger partial charge in [-0.15, -0.1) is 0 Å². The second kappa shape index (κ2) is 2.74. The first-order valence-corrected chi connectivity index (χ1v) is 3.75. The van der Waals surface area contributed by atoms with Gasteiger partial charge in [-0.25, -0.2) is 0 Å². The third-order valence-corrected chi connectivity index (χ3v) is 2.26. The van der Waals surface area contributed by atoms with Gasteiger partial charge in [0.05, 0.1) is 0 Å². The second-order valence-corrected chi connectivity index (χ2v) is 2.96. The molecule has 2 heteroatoms. The van der Waals surface area contributed by atoms with E-state index < -0.39 is 0 Å². The van der Waals surface area contributed by atoms with E-state index in [2.05, 4.69) is 24.6 Å². The zero-order valence-electron chi connectivity index (χ0n) is 5.30. The van der Waals surface area contributed by atoms with Crippen molar-refractivity contribution in [2.45, 2.75) is 6.42 Å². The van der Waals surface area contributed by atoms with Crippen LogP contribution in [0.4, 0.5) is 0 Å². The van der Waals surface area contributed by atoms with Gasteiger partial charge in [-0.1, -0.05) is 0 Å². The van der Waals surface area contributed by atoms with Crippen LogP contribution in [-0.2, 0) is 0 Å². The van der Waals surface area contributed by atoms with Crippen LogP contribution in [0.2, 0.25) is 0 Å². The molecule has 0 amide bonds. The lowest BCUT2D eigenvalue weighted by atomic mass is 10.2. The average molecular weight is 131 g/mol. The summed E-state index contributed by atoms with van der Waals surface area (Å²) >= 11 is 4.23. The second-order valence-electron chi connectivity index (χ2n) is 2.60. The zero-order chi connectivity index (χ0) is 5.98. The maximum atomic E-state index is 4.23. The molecule has 1 aliphatic rings. The molecule has 1 saturated heterocycles. The molecule has 0 aromatic carbocycles. The van der Waals surface area contributed by atoms with Gasteiger partial charge < -0.3 is 4.90 Å². The van der Waals surface area contributed by atoms with Crippen LogP contribution in [0.25, 0.3) is 0 Å². The van der Waals surface area contributed by atoms with Crippen LogP contribution < -0.4 is 0 Å². The van der Waals surface area contributed by atoms with Crippen LogP contribution >= 0.6 is 12.6 Å². The summed E-state index contributed by atoms with van der Waals surface area (Å²) in [6.45, 7) is 2.52. The molecule has 1 aliphatic heterocycles. The van der Waals surface area contributed by atoms with Gasteiger partial charge in [-0.3, -0.25) is 0 Å². The largest absolute Gasteiger partial charge is 0.306 e. The number of rotatable bonds is 1. The molecule has 0 aromatic rings. The highest BCUT2D eigenvalue weighted by molar-refractivity contribution is 7.80. The summed E-state index contributed by atoms with van der Waals surface area (Å²) in [5.74, 6) is 1.92. The van der Waals surface area contributed by atoms with Crippen molar-refractivity contribution in [2.75, 3.05) is 25.9 Å². The Kier molecular flexibility index (Phi) is 2.20. The summed E-state index contributed by atoms with van der Waals surface area (Å²) in [4.78, 5) is 2.36. The van der Waals surface area contributed by atoms with Gasteiger partial charge in [-0.2, -0.15) is 12.6 Å². The van der Waals surface area contributed by atoms with Crippen LogP contribution in [-0.4, -0.2) is 30.8 Å². The predicted molar refractivity (Wildman–Crippen MR) is 39.5 cm³/mol. The highest BCUT2D eigenvalue weighted by atomic mass is 32.1. The fraction of sp³-hybridized carbons (Fsp3) is 1.00. The summed E-state index contributed by atoms with van der Waals surface area (Å²) in [5.41, 5.74) is 0. The van der Waals surface area contributed by atoms with Gasteiger partial charge in [-0.05, 0) is 31.7 Å². The number of nitrogens with zero attached hydrogens (tertiary/aromatic N) is 1. The summed E-state index contributed by atoms with van der Waals surface area (Å²) in [6, 6.07) is 0. The molecule has 0 saturated carbocycles. The molecule has 0 unspecified atom stereocenters. The monoisotopic (exact) mass is 131 g/mol. The zero-order valence-corrected chi connectivity index (χ0v) is 6.19. The normalized spacial score (nSPS) is 31.5. The Bertz CT molecular complexity index is 74.9. The van der Waals surface area contributed by atoms with Crippen LogP contribution in [0.5, 0.6) is 0 Å². The lowest BCUT2D eigenvalue weighted by Crippen LogP contribution is -2.14. The standard InChI is InChI=1S/C6H13NS/c1-7-3-2-6(4-7)5-8/h6,8H,2-5H2,1H3/t6-/m1/s1. The van der Waals surface area contributed by atoms with Crippen molar-refractivity contribution in [3.05, 3.63) is 0 Å². The Morgan fingerprint density at radius 2 is 2.50 bits per heavy atom. The van der Waals surface area contributed by atoms with Gasteiger partial charge in [0, 0.05) is 6.54 Å². The fourth-order valence-electron chi connectivity index (χ4n) is 1.18. The Labute approximate surface area is 56.5 Å². The number of hydrogen-bond donors (Lipinski definition) is 1. The number of likely N-dealkylation sites (tertiary alicyclic amines) is 1. The Morgan fingerprint density at radius 3 is 2.75 bits per heavy atom. The third kappa shape index (κ3) is 1.39. The molecule has 1 nitrogen and oxygen atoms in total. The lowest BCUT2D eigenvalue weighted by molar-refractivity contribution is 0.403. The first-order chi connectivity index (χ1) is 3.83. The third-order valence-electron chi connectivity index (χ3n) is 1.75. The van der Waals surface area contributed by atoms with Crippen LogP contribution in [0, 0.1) is 5.92 Å². The van der Waals surface area contributed by atoms with Crippen LogP contribution in [0.15, 0.2) is 0 Å². The molecule has 1 rings (SSSR count). The molecule has 1 fully saturated rings. The van der Waals surface area contributed by atoms with E-state index in [1.54, 1.807) is 0 Å². The van der Waals surface area contributed by atoms with Crippen LogP contribution in [0.3, 0.4) is 0 Å². The Morgan fingerprint density at radius 1 is 1.75 bits per heavy atom. The quantitative estimate of drug-likeness (QED) is 0.517. The SMILES string of the molecule is CN1CC[C@@H](CS)C1. The molecule has 0 bridgehead atoms. The van der Waals surface area contributed by atoms with E-state index in [0.29, 0.717) is 0 Å². The average Bonchev–Trinajstić information content (AvgIpc) is 2.14. The maximum Gasteiger partial charge on any atom is 0.00149 e. The lowest BCUT2D eigenvalue weighted by Gasteiger charge is -2.05. The summed E-state index contributed by atoms with van der Waals surface area (Å²) in [7, 11) is 2.17. The van der Waals surface area contributed by atoms with E-state index in [1.165, 1.54) is 19.5 Å². The van der Waals surface area contributed by atoms with Crippen molar-refractivity contribution in [2.24, 2.45) is 5.92 Å². The van der Waals surface area contributed by atoms with Gasteiger partial charge in [0.25, 0.3) is 0 Å². The molecule has 1 heterocycles. The molecule has 48 valence electrons. The maximum absolute atomic E-state index is 4.23. The molecule has 0 spiro atoms. The van der Waals surface area contributed by atoms with Gasteiger partial charge in [0.2, 0.25) is 0 Å². The van der Waals surface area contributed by atoms with E-state index in [-0.39, 0.29) is 0 Å². The minimum atomic E-state index is 0.864. The van der Waals surface area contributed by atoms with E-state index in [0.717, 1.165) is 11.7 Å². The molecular formula is C6H13NS. The summed E-state index contributed by atoms with van der Waals surface area (Å²) < 4.78 is 0. The van der Waals surface area contributed by atoms with Gasteiger partial charge in [0.15, 0.2) is 0 Å². The minimum absolute atomic E-state index is 0.864. The van der Waals surface area contributed by atoms with E-state index in [4.69, 9.17) is 0 Å². The molecule has 0 aromatic heterocycles. The smallest absolute Gasteiger partial charge is 0.00149 e. The Hall–Kier alpha value is 0.310. The first-order valence-electron chi connectivity index (χ1n) is 3.12.